The molecule has 0 saturated carbocycles. The van der Waals surface area contributed by atoms with Crippen LogP contribution < -0.4 is 5.32 Å². The van der Waals surface area contributed by atoms with Gasteiger partial charge in [0.1, 0.15) is 0 Å². The van der Waals surface area contributed by atoms with E-state index in [1.807, 2.05) is 42.6 Å². The van der Waals surface area contributed by atoms with Crippen molar-refractivity contribution in [1.82, 2.24) is 19.8 Å². The van der Waals surface area contributed by atoms with Crippen molar-refractivity contribution in [3.8, 4) is 5.69 Å². The Morgan fingerprint density at radius 3 is 2.68 bits per heavy atom. The number of aryl methyl sites for hydroxylation is 1. The summed E-state index contributed by atoms with van der Waals surface area (Å²) in [7, 11) is 1.40. The van der Waals surface area contributed by atoms with Crippen LogP contribution in [0.2, 0.25) is 0 Å². The van der Waals surface area contributed by atoms with Gasteiger partial charge in [-0.3, -0.25) is 4.98 Å². The standard InChI is InChI=1S/C24H26N4O2S/c1-5-27-22(21(26-24(27)31)20-11-6-7-12-25-20)19-13-15(2)28(16(19)3)18-10-8-9-17(14-18)23(29)30-4/h6-14,21-22H,5H2,1-4H3,(H,26,31)/t21-,22+/m0/s1. The number of aromatic nitrogens is 2. The minimum atomic E-state index is -0.345. The van der Waals surface area contributed by atoms with E-state index in [9.17, 15) is 4.79 Å². The number of carbonyl (C=O) groups excluding carboxylic acids is 1. The smallest absolute Gasteiger partial charge is 0.337 e. The van der Waals surface area contributed by atoms with Gasteiger partial charge in [-0.25, -0.2) is 4.79 Å². The molecule has 4 rings (SSSR count). The van der Waals surface area contributed by atoms with Crippen molar-refractivity contribution >= 4 is 23.3 Å². The van der Waals surface area contributed by atoms with E-state index in [4.69, 9.17) is 17.0 Å². The first-order valence-electron chi connectivity index (χ1n) is 10.3. The highest BCUT2D eigenvalue weighted by molar-refractivity contribution is 7.80. The zero-order chi connectivity index (χ0) is 22.1. The van der Waals surface area contributed by atoms with Crippen molar-refractivity contribution in [2.75, 3.05) is 13.7 Å². The molecule has 0 bridgehead atoms. The molecular formula is C24H26N4O2S. The summed E-state index contributed by atoms with van der Waals surface area (Å²) in [5.74, 6) is -0.345. The van der Waals surface area contributed by atoms with Crippen molar-refractivity contribution < 1.29 is 9.53 Å². The highest BCUT2D eigenvalue weighted by Crippen LogP contribution is 2.41. The molecule has 3 heterocycles. The molecule has 160 valence electrons. The Morgan fingerprint density at radius 2 is 2.00 bits per heavy atom. The van der Waals surface area contributed by atoms with Gasteiger partial charge in [-0.05, 0) is 75.0 Å². The minimum Gasteiger partial charge on any atom is -0.465 e. The molecule has 0 unspecified atom stereocenters. The van der Waals surface area contributed by atoms with E-state index < -0.39 is 0 Å². The molecule has 6 nitrogen and oxygen atoms in total. The first-order valence-corrected chi connectivity index (χ1v) is 10.7. The van der Waals surface area contributed by atoms with E-state index >= 15 is 0 Å². The first kappa shape index (κ1) is 21.1. The molecule has 1 aromatic carbocycles. The lowest BCUT2D eigenvalue weighted by Gasteiger charge is -2.27. The number of esters is 1. The number of ether oxygens (including phenoxy) is 1. The van der Waals surface area contributed by atoms with E-state index in [1.165, 1.54) is 12.7 Å². The highest BCUT2D eigenvalue weighted by atomic mass is 32.1. The molecule has 0 spiro atoms. The van der Waals surface area contributed by atoms with Crippen molar-refractivity contribution in [2.45, 2.75) is 32.9 Å². The van der Waals surface area contributed by atoms with Gasteiger partial charge in [0, 0.05) is 29.8 Å². The molecule has 0 aliphatic carbocycles. The Labute approximate surface area is 187 Å². The molecule has 2 atom stereocenters. The molecule has 0 radical (unpaired) electrons. The molecule has 1 aliphatic heterocycles. The van der Waals surface area contributed by atoms with Crippen LogP contribution in [0.5, 0.6) is 0 Å². The van der Waals surface area contributed by atoms with Gasteiger partial charge in [0.05, 0.1) is 30.5 Å². The number of hydrogen-bond donors (Lipinski definition) is 1. The van der Waals surface area contributed by atoms with E-state index in [0.717, 1.165) is 34.4 Å². The summed E-state index contributed by atoms with van der Waals surface area (Å²) >= 11 is 5.66. The lowest BCUT2D eigenvalue weighted by Crippen LogP contribution is -2.29. The maximum atomic E-state index is 12.0. The third-order valence-corrected chi connectivity index (χ3v) is 6.21. The first-order chi connectivity index (χ1) is 15.0. The normalized spacial score (nSPS) is 18.2. The third-order valence-electron chi connectivity index (χ3n) is 5.85. The molecule has 1 N–H and O–H groups in total. The van der Waals surface area contributed by atoms with Crippen LogP contribution in [0, 0.1) is 13.8 Å². The maximum absolute atomic E-state index is 12.0. The van der Waals surface area contributed by atoms with Gasteiger partial charge in [0.25, 0.3) is 0 Å². The quantitative estimate of drug-likeness (QED) is 0.478. The highest BCUT2D eigenvalue weighted by Gasteiger charge is 2.40. The zero-order valence-electron chi connectivity index (χ0n) is 18.1. The predicted octanol–water partition coefficient (Wildman–Crippen LogP) is 4.27. The number of benzene rings is 1. The minimum absolute atomic E-state index is 0.0242. The van der Waals surface area contributed by atoms with Crippen LogP contribution in [0.25, 0.3) is 5.69 Å². The third kappa shape index (κ3) is 3.70. The number of thiocarbonyl (C=S) groups is 1. The number of likely N-dealkylation sites (N-methyl/N-ethyl adjacent to an activating group) is 1. The Hall–Kier alpha value is -3.19. The average molecular weight is 435 g/mol. The van der Waals surface area contributed by atoms with Gasteiger partial charge < -0.3 is 19.5 Å². The van der Waals surface area contributed by atoms with Crippen LogP contribution in [0.4, 0.5) is 0 Å². The summed E-state index contributed by atoms with van der Waals surface area (Å²) in [5, 5.41) is 4.21. The summed E-state index contributed by atoms with van der Waals surface area (Å²) in [4.78, 5) is 18.8. The van der Waals surface area contributed by atoms with Gasteiger partial charge in [-0.1, -0.05) is 12.1 Å². The summed E-state index contributed by atoms with van der Waals surface area (Å²) in [6.45, 7) is 7.09. The molecule has 7 heteroatoms. The second-order valence-corrected chi connectivity index (χ2v) is 8.00. The van der Waals surface area contributed by atoms with Crippen molar-refractivity contribution in [1.29, 1.82) is 0 Å². The fourth-order valence-corrected chi connectivity index (χ4v) is 4.83. The largest absolute Gasteiger partial charge is 0.465 e. The average Bonchev–Trinajstić information content (AvgIpc) is 3.28. The van der Waals surface area contributed by atoms with Crippen LogP contribution in [0.3, 0.4) is 0 Å². The monoisotopic (exact) mass is 434 g/mol. The second kappa shape index (κ2) is 8.51. The SMILES string of the molecule is CCN1C(=S)N[C@@H](c2ccccn2)[C@H]1c1cc(C)n(-c2cccc(C(=O)OC)c2)c1C. The summed E-state index contributed by atoms with van der Waals surface area (Å²) in [6, 6.07) is 15.7. The van der Waals surface area contributed by atoms with E-state index in [1.54, 1.807) is 6.07 Å². The zero-order valence-corrected chi connectivity index (χ0v) is 18.9. The van der Waals surface area contributed by atoms with Gasteiger partial charge >= 0.3 is 5.97 Å². The summed E-state index contributed by atoms with van der Waals surface area (Å²) in [5.41, 5.74) is 5.79. The van der Waals surface area contributed by atoms with Crippen LogP contribution in [-0.2, 0) is 4.74 Å². The van der Waals surface area contributed by atoms with Crippen molar-refractivity contribution in [2.24, 2.45) is 0 Å². The molecule has 3 aromatic rings. The Morgan fingerprint density at radius 1 is 1.19 bits per heavy atom. The second-order valence-electron chi connectivity index (χ2n) is 7.62. The van der Waals surface area contributed by atoms with Gasteiger partial charge in [-0.15, -0.1) is 0 Å². The van der Waals surface area contributed by atoms with Gasteiger partial charge in [0.2, 0.25) is 0 Å². The lowest BCUT2D eigenvalue weighted by atomic mass is 9.97. The molecule has 1 fully saturated rings. The number of carbonyl (C=O) groups is 1. The predicted molar refractivity (Wildman–Crippen MR) is 124 cm³/mol. The number of rotatable bonds is 5. The molecule has 1 saturated heterocycles. The lowest BCUT2D eigenvalue weighted by molar-refractivity contribution is 0.0600. The summed E-state index contributed by atoms with van der Waals surface area (Å²) in [6.07, 6.45) is 1.81. The topological polar surface area (TPSA) is 59.4 Å². The van der Waals surface area contributed by atoms with E-state index in [2.05, 4.69) is 46.6 Å². The van der Waals surface area contributed by atoms with Crippen LogP contribution >= 0.6 is 12.2 Å². The van der Waals surface area contributed by atoms with E-state index in [0.29, 0.717) is 5.56 Å². The molecule has 0 amide bonds. The van der Waals surface area contributed by atoms with Crippen LogP contribution in [0.15, 0.2) is 54.7 Å². The number of hydrogen-bond acceptors (Lipinski definition) is 4. The fourth-order valence-electron chi connectivity index (χ4n) is 4.46. The van der Waals surface area contributed by atoms with Crippen molar-refractivity contribution in [3.05, 3.63) is 82.9 Å². The fraction of sp³-hybridized carbons (Fsp3) is 0.292. The van der Waals surface area contributed by atoms with Gasteiger partial charge in [0.15, 0.2) is 5.11 Å². The molecule has 31 heavy (non-hydrogen) atoms. The van der Waals surface area contributed by atoms with Crippen LogP contribution in [-0.4, -0.2) is 39.2 Å². The van der Waals surface area contributed by atoms with E-state index in [-0.39, 0.29) is 18.1 Å². The maximum Gasteiger partial charge on any atom is 0.337 e. The Kier molecular flexibility index (Phi) is 5.78. The van der Waals surface area contributed by atoms with Crippen LogP contribution in [0.1, 0.15) is 52.0 Å². The molecule has 2 aromatic heterocycles. The number of methoxy groups -OCH3 is 1. The number of nitrogens with one attached hydrogen (secondary N) is 1. The van der Waals surface area contributed by atoms with Crippen molar-refractivity contribution in [3.63, 3.8) is 0 Å². The Bertz CT molecular complexity index is 1130. The molecular weight excluding hydrogens is 408 g/mol. The summed E-state index contributed by atoms with van der Waals surface area (Å²) < 4.78 is 7.07. The van der Waals surface area contributed by atoms with Gasteiger partial charge in [-0.2, -0.15) is 0 Å². The Balaban J connectivity index is 1.81. The molecule has 1 aliphatic rings. The number of nitrogens with zero attached hydrogens (tertiary/aromatic N) is 3. The number of pyridine rings is 1.